The van der Waals surface area contributed by atoms with Gasteiger partial charge in [-0.2, -0.15) is 0 Å². The first-order chi connectivity index (χ1) is 15.7. The molecule has 9 heteroatoms. The number of nitrogen functional groups attached to an aromatic ring is 1. The van der Waals surface area contributed by atoms with Crippen molar-refractivity contribution in [1.82, 2.24) is 5.32 Å². The smallest absolute Gasteiger partial charge is 0.410 e. The fourth-order valence-corrected chi connectivity index (χ4v) is 4.10. The van der Waals surface area contributed by atoms with Crippen LogP contribution in [0, 0.1) is 5.41 Å². The Morgan fingerprint density at radius 2 is 1.70 bits per heavy atom. The maximum Gasteiger partial charge on any atom is 0.412 e. The lowest BCUT2D eigenvalue weighted by atomic mass is 10.0. The van der Waals surface area contributed by atoms with E-state index in [2.05, 4.69) is 5.32 Å². The van der Waals surface area contributed by atoms with Crippen LogP contribution in [-0.4, -0.2) is 26.9 Å². The van der Waals surface area contributed by atoms with Gasteiger partial charge in [-0.25, -0.2) is 18.4 Å². The second-order valence-electron chi connectivity index (χ2n) is 7.45. The Balaban J connectivity index is 1.47. The molecule has 0 bridgehead atoms. The third-order valence-electron chi connectivity index (χ3n) is 4.97. The van der Waals surface area contributed by atoms with Crippen LogP contribution in [0.4, 0.5) is 4.79 Å². The van der Waals surface area contributed by atoms with E-state index in [1.165, 1.54) is 6.07 Å². The van der Waals surface area contributed by atoms with E-state index in [4.69, 9.17) is 21.0 Å². The average Bonchev–Trinajstić information content (AvgIpc) is 2.79. The number of nitrogens with one attached hydrogen (secondary N) is 2. The number of amidine groups is 1. The van der Waals surface area contributed by atoms with Crippen molar-refractivity contribution in [2.75, 3.05) is 6.54 Å². The van der Waals surface area contributed by atoms with Crippen LogP contribution in [0.15, 0.2) is 77.7 Å². The van der Waals surface area contributed by atoms with E-state index in [1.807, 2.05) is 18.2 Å². The van der Waals surface area contributed by atoms with Gasteiger partial charge in [0.05, 0.1) is 4.90 Å². The molecule has 0 spiro atoms. The minimum absolute atomic E-state index is 0.0319. The third kappa shape index (κ3) is 6.90. The predicted molar refractivity (Wildman–Crippen MR) is 128 cm³/mol. The van der Waals surface area contributed by atoms with Crippen LogP contribution in [0.1, 0.15) is 24.0 Å². The molecule has 0 radical (unpaired) electrons. The third-order valence-corrected chi connectivity index (χ3v) is 5.94. The van der Waals surface area contributed by atoms with Crippen LogP contribution in [0.25, 0.3) is 11.1 Å². The van der Waals surface area contributed by atoms with E-state index in [-0.39, 0.29) is 10.7 Å². The molecule has 0 atom stereocenters. The zero-order valence-corrected chi connectivity index (χ0v) is 18.8. The molecule has 33 heavy (non-hydrogen) atoms. The molecule has 3 aromatic carbocycles. The summed E-state index contributed by atoms with van der Waals surface area (Å²) >= 11 is 0. The van der Waals surface area contributed by atoms with Gasteiger partial charge in [0.15, 0.2) is 0 Å². The van der Waals surface area contributed by atoms with Gasteiger partial charge in [0, 0.05) is 17.7 Å². The molecule has 0 aliphatic heterocycles. The molecule has 172 valence electrons. The monoisotopic (exact) mass is 466 g/mol. The SMILES string of the molecule is N=C(N)c1cccc(CCCCNC(=O)Oc2ccc(-c3ccccc3S(N)(=O)=O)cc2)c1. The van der Waals surface area contributed by atoms with Crippen LogP contribution < -0.4 is 20.9 Å². The van der Waals surface area contributed by atoms with Gasteiger partial charge in [-0.05, 0) is 54.7 Å². The Morgan fingerprint density at radius 1 is 0.970 bits per heavy atom. The molecule has 6 N–H and O–H groups in total. The highest BCUT2D eigenvalue weighted by Crippen LogP contribution is 2.28. The Kier molecular flexibility index (Phi) is 7.81. The molecule has 0 fully saturated rings. The summed E-state index contributed by atoms with van der Waals surface area (Å²) in [6.07, 6.45) is 1.88. The summed E-state index contributed by atoms with van der Waals surface area (Å²) in [5.74, 6) is 0.383. The van der Waals surface area contributed by atoms with Crippen LogP contribution >= 0.6 is 0 Å². The number of carbonyl (C=O) groups is 1. The van der Waals surface area contributed by atoms with E-state index >= 15 is 0 Å². The molecule has 0 aromatic heterocycles. The molecule has 8 nitrogen and oxygen atoms in total. The van der Waals surface area contributed by atoms with Crippen LogP contribution in [0.5, 0.6) is 5.75 Å². The standard InChI is InChI=1S/C24H26N4O4S/c25-23(26)19-8-5-7-17(16-19)6-3-4-15-28-24(29)32-20-13-11-18(12-14-20)21-9-1-2-10-22(21)33(27,30)31/h1-2,5,7-14,16H,3-4,6,15H2,(H3,25,26)(H,28,29)(H2,27,30,31). The molecule has 0 heterocycles. The number of sulfonamides is 1. The Labute approximate surface area is 193 Å². The molecular weight excluding hydrogens is 440 g/mol. The normalized spacial score (nSPS) is 11.1. The zero-order chi connectivity index (χ0) is 23.8. The lowest BCUT2D eigenvalue weighted by Crippen LogP contribution is -2.27. The van der Waals surface area contributed by atoms with Crippen molar-refractivity contribution >= 4 is 22.0 Å². The van der Waals surface area contributed by atoms with Crippen LogP contribution in [0.2, 0.25) is 0 Å². The maximum absolute atomic E-state index is 12.0. The number of amides is 1. The number of ether oxygens (including phenoxy) is 1. The van der Waals surface area contributed by atoms with Gasteiger partial charge in [0.25, 0.3) is 0 Å². The van der Waals surface area contributed by atoms with E-state index in [1.54, 1.807) is 48.5 Å². The summed E-state index contributed by atoms with van der Waals surface area (Å²) in [6.45, 7) is 0.463. The largest absolute Gasteiger partial charge is 0.412 e. The van der Waals surface area contributed by atoms with Crippen molar-refractivity contribution in [3.63, 3.8) is 0 Å². The number of benzene rings is 3. The molecule has 0 unspecified atom stereocenters. The number of primary sulfonamides is 1. The number of hydrogen-bond donors (Lipinski definition) is 4. The predicted octanol–water partition coefficient (Wildman–Crippen LogP) is 3.40. The highest BCUT2D eigenvalue weighted by Gasteiger charge is 2.14. The molecule has 1 amide bonds. The van der Waals surface area contributed by atoms with Crippen molar-refractivity contribution in [1.29, 1.82) is 5.41 Å². The average molecular weight is 467 g/mol. The van der Waals surface area contributed by atoms with Gasteiger partial charge < -0.3 is 15.8 Å². The summed E-state index contributed by atoms with van der Waals surface area (Å²) in [5, 5.41) is 15.5. The zero-order valence-electron chi connectivity index (χ0n) is 18.0. The number of aryl methyl sites for hydroxylation is 1. The number of nitrogens with two attached hydrogens (primary N) is 2. The van der Waals surface area contributed by atoms with Gasteiger partial charge in [-0.15, -0.1) is 0 Å². The van der Waals surface area contributed by atoms with Crippen LogP contribution in [-0.2, 0) is 16.4 Å². The van der Waals surface area contributed by atoms with E-state index in [9.17, 15) is 13.2 Å². The quantitative estimate of drug-likeness (QED) is 0.217. The summed E-state index contributed by atoms with van der Waals surface area (Å²) in [7, 11) is -3.86. The number of unbranched alkanes of at least 4 members (excludes halogenated alkanes) is 1. The minimum Gasteiger partial charge on any atom is -0.410 e. The minimum atomic E-state index is -3.86. The van der Waals surface area contributed by atoms with Crippen molar-refractivity contribution in [3.8, 4) is 16.9 Å². The lowest BCUT2D eigenvalue weighted by Gasteiger charge is -2.10. The first-order valence-electron chi connectivity index (χ1n) is 10.4. The highest BCUT2D eigenvalue weighted by molar-refractivity contribution is 7.89. The molecule has 0 aliphatic rings. The molecule has 3 rings (SSSR count). The Morgan fingerprint density at radius 3 is 2.39 bits per heavy atom. The lowest BCUT2D eigenvalue weighted by molar-refractivity contribution is 0.200. The number of carbonyl (C=O) groups excluding carboxylic acids is 1. The van der Waals surface area contributed by atoms with Crippen LogP contribution in [0.3, 0.4) is 0 Å². The second kappa shape index (κ2) is 10.8. The highest BCUT2D eigenvalue weighted by atomic mass is 32.2. The topological polar surface area (TPSA) is 148 Å². The summed E-state index contributed by atoms with van der Waals surface area (Å²) in [6, 6.07) is 20.5. The van der Waals surface area contributed by atoms with Crippen molar-refractivity contribution in [2.45, 2.75) is 24.2 Å². The summed E-state index contributed by atoms with van der Waals surface area (Å²) in [5.41, 5.74) is 8.42. The number of rotatable bonds is 9. The molecule has 3 aromatic rings. The van der Waals surface area contributed by atoms with E-state index in [0.717, 1.165) is 24.8 Å². The van der Waals surface area contributed by atoms with Gasteiger partial charge in [-0.1, -0.05) is 48.5 Å². The molecule has 0 saturated heterocycles. The number of hydrogen-bond acceptors (Lipinski definition) is 5. The van der Waals surface area contributed by atoms with E-state index in [0.29, 0.717) is 29.0 Å². The second-order valence-corrected chi connectivity index (χ2v) is 8.98. The Hall–Kier alpha value is -3.69. The molecule has 0 aliphatic carbocycles. The molecule has 0 saturated carbocycles. The van der Waals surface area contributed by atoms with Gasteiger partial charge in [0.2, 0.25) is 10.0 Å². The first kappa shape index (κ1) is 24.0. The summed E-state index contributed by atoms with van der Waals surface area (Å²) < 4.78 is 28.9. The first-order valence-corrected chi connectivity index (χ1v) is 11.9. The van der Waals surface area contributed by atoms with Crippen molar-refractivity contribution < 1.29 is 17.9 Å². The fraction of sp³-hybridized carbons (Fsp3) is 0.167. The van der Waals surface area contributed by atoms with Gasteiger partial charge in [-0.3, -0.25) is 5.41 Å². The Bertz CT molecular complexity index is 1240. The van der Waals surface area contributed by atoms with Gasteiger partial charge >= 0.3 is 6.09 Å². The van der Waals surface area contributed by atoms with E-state index < -0.39 is 16.1 Å². The molecular formula is C24H26N4O4S. The van der Waals surface area contributed by atoms with Crippen molar-refractivity contribution in [2.24, 2.45) is 10.9 Å². The van der Waals surface area contributed by atoms with Crippen molar-refractivity contribution in [3.05, 3.63) is 83.9 Å². The summed E-state index contributed by atoms with van der Waals surface area (Å²) in [4.78, 5) is 12.1. The van der Waals surface area contributed by atoms with Gasteiger partial charge in [0.1, 0.15) is 11.6 Å². The fourth-order valence-electron chi connectivity index (χ4n) is 3.34. The maximum atomic E-state index is 12.0.